The molecule has 2 aromatic rings. The molecule has 0 aliphatic heterocycles. The second-order valence-electron chi connectivity index (χ2n) is 3.52. The number of rotatable bonds is 4. The van der Waals surface area contributed by atoms with Gasteiger partial charge in [0.15, 0.2) is 0 Å². The fourth-order valence-corrected chi connectivity index (χ4v) is 2.43. The van der Waals surface area contributed by atoms with Crippen molar-refractivity contribution in [3.63, 3.8) is 0 Å². The number of aromatic carboxylic acids is 1. The number of nitrogens with one attached hydrogen (secondary N) is 1. The summed E-state index contributed by atoms with van der Waals surface area (Å²) in [6.07, 6.45) is 3.05. The molecule has 7 heteroatoms. The minimum Gasteiger partial charge on any atom is -0.478 e. The van der Waals surface area contributed by atoms with Crippen LogP contribution in [0.5, 0.6) is 0 Å². The molecule has 0 amide bonds. The molecule has 1 heterocycles. The molecule has 1 aromatic heterocycles. The minimum absolute atomic E-state index is 0.0784. The Balaban J connectivity index is 2.35. The first-order valence-corrected chi connectivity index (χ1v) is 6.46. The van der Waals surface area contributed by atoms with E-state index in [1.165, 1.54) is 35.3 Å². The number of hydrogen-bond acceptors (Lipinski definition) is 3. The van der Waals surface area contributed by atoms with Gasteiger partial charge in [-0.05, 0) is 30.3 Å². The van der Waals surface area contributed by atoms with Crippen LogP contribution in [0.1, 0.15) is 10.4 Å². The Bertz CT molecular complexity index is 662. The summed E-state index contributed by atoms with van der Waals surface area (Å²) in [6.45, 7) is 0. The quantitative estimate of drug-likeness (QED) is 0.867. The fraction of sp³-hybridized carbons (Fsp3) is 0. The molecule has 2 N–H and O–H groups in total. The average Bonchev–Trinajstić information content (AvgIpc) is 2.81. The van der Waals surface area contributed by atoms with Crippen molar-refractivity contribution in [1.29, 1.82) is 0 Å². The number of sulfonamides is 1. The SMILES string of the molecule is O=C(O)c1cccc(S(=O)(=O)Nn2cccc2)c1. The van der Waals surface area contributed by atoms with E-state index in [0.717, 1.165) is 6.07 Å². The van der Waals surface area contributed by atoms with Crippen molar-refractivity contribution in [2.24, 2.45) is 0 Å². The summed E-state index contributed by atoms with van der Waals surface area (Å²) < 4.78 is 25.2. The van der Waals surface area contributed by atoms with E-state index in [1.54, 1.807) is 12.1 Å². The molecule has 0 aliphatic carbocycles. The largest absolute Gasteiger partial charge is 0.478 e. The Labute approximate surface area is 104 Å². The van der Waals surface area contributed by atoms with Gasteiger partial charge in [-0.2, -0.15) is 8.42 Å². The van der Waals surface area contributed by atoms with Crippen LogP contribution < -0.4 is 4.83 Å². The van der Waals surface area contributed by atoms with Crippen LogP contribution in [0.4, 0.5) is 0 Å². The molecule has 6 nitrogen and oxygen atoms in total. The summed E-state index contributed by atoms with van der Waals surface area (Å²) in [6, 6.07) is 8.48. The smallest absolute Gasteiger partial charge is 0.335 e. The molecule has 0 saturated carbocycles. The molecule has 0 aliphatic rings. The van der Waals surface area contributed by atoms with Crippen LogP contribution in [-0.4, -0.2) is 24.2 Å². The third-order valence-electron chi connectivity index (χ3n) is 2.22. The van der Waals surface area contributed by atoms with E-state index in [2.05, 4.69) is 4.83 Å². The highest BCUT2D eigenvalue weighted by Crippen LogP contribution is 2.12. The number of nitrogens with zero attached hydrogens (tertiary/aromatic N) is 1. The number of hydrogen-bond donors (Lipinski definition) is 2. The predicted molar refractivity (Wildman–Crippen MR) is 64.4 cm³/mol. The van der Waals surface area contributed by atoms with E-state index in [-0.39, 0.29) is 10.5 Å². The van der Waals surface area contributed by atoms with E-state index < -0.39 is 16.0 Å². The van der Waals surface area contributed by atoms with Crippen molar-refractivity contribution in [3.8, 4) is 0 Å². The summed E-state index contributed by atoms with van der Waals surface area (Å²) in [5.41, 5.74) is -0.0784. The summed E-state index contributed by atoms with van der Waals surface area (Å²) in [4.78, 5) is 13.0. The number of carboxylic acids is 1. The molecular formula is C11H10N2O4S. The lowest BCUT2D eigenvalue weighted by molar-refractivity contribution is 0.0696. The lowest BCUT2D eigenvalue weighted by Gasteiger charge is -2.09. The maximum atomic E-state index is 11.9. The Hall–Kier alpha value is -2.28. The van der Waals surface area contributed by atoms with Crippen molar-refractivity contribution < 1.29 is 18.3 Å². The van der Waals surface area contributed by atoms with Crippen LogP contribution >= 0.6 is 0 Å². The Morgan fingerprint density at radius 3 is 2.44 bits per heavy atom. The highest BCUT2D eigenvalue weighted by molar-refractivity contribution is 7.92. The Morgan fingerprint density at radius 2 is 1.83 bits per heavy atom. The fourth-order valence-electron chi connectivity index (χ4n) is 1.38. The lowest BCUT2D eigenvalue weighted by atomic mass is 10.2. The molecular weight excluding hydrogens is 256 g/mol. The molecule has 0 saturated heterocycles. The maximum absolute atomic E-state index is 11.9. The topological polar surface area (TPSA) is 88.4 Å². The molecule has 2 rings (SSSR count). The zero-order valence-electron chi connectivity index (χ0n) is 9.15. The summed E-state index contributed by atoms with van der Waals surface area (Å²) in [7, 11) is -3.79. The second-order valence-corrected chi connectivity index (χ2v) is 5.18. The van der Waals surface area contributed by atoms with E-state index in [0.29, 0.717) is 0 Å². The first-order valence-electron chi connectivity index (χ1n) is 4.98. The van der Waals surface area contributed by atoms with Crippen LogP contribution in [0, 0.1) is 0 Å². The number of aromatic nitrogens is 1. The van der Waals surface area contributed by atoms with Crippen LogP contribution in [0.2, 0.25) is 0 Å². The molecule has 0 radical (unpaired) electrons. The van der Waals surface area contributed by atoms with Crippen molar-refractivity contribution in [3.05, 3.63) is 54.4 Å². The maximum Gasteiger partial charge on any atom is 0.335 e. The Kier molecular flexibility index (Phi) is 3.07. The van der Waals surface area contributed by atoms with E-state index in [1.807, 2.05) is 0 Å². The third-order valence-corrected chi connectivity index (χ3v) is 3.55. The highest BCUT2D eigenvalue weighted by atomic mass is 32.2. The van der Waals surface area contributed by atoms with Gasteiger partial charge < -0.3 is 5.11 Å². The number of carboxylic acid groups (broad SMARTS) is 1. The minimum atomic E-state index is -3.79. The molecule has 18 heavy (non-hydrogen) atoms. The zero-order chi connectivity index (χ0) is 13.2. The van der Waals surface area contributed by atoms with Gasteiger partial charge in [0.2, 0.25) is 0 Å². The first-order chi connectivity index (χ1) is 8.49. The molecule has 94 valence electrons. The van der Waals surface area contributed by atoms with E-state index in [9.17, 15) is 13.2 Å². The van der Waals surface area contributed by atoms with Crippen LogP contribution in [0.15, 0.2) is 53.7 Å². The third kappa shape index (κ3) is 2.51. The summed E-state index contributed by atoms with van der Waals surface area (Å²) >= 11 is 0. The van der Waals surface area contributed by atoms with Gasteiger partial charge >= 0.3 is 5.97 Å². The van der Waals surface area contributed by atoms with Gasteiger partial charge in [0.25, 0.3) is 10.0 Å². The van der Waals surface area contributed by atoms with E-state index >= 15 is 0 Å². The van der Waals surface area contributed by atoms with Crippen LogP contribution in [-0.2, 0) is 10.0 Å². The van der Waals surface area contributed by atoms with Crippen LogP contribution in [0.3, 0.4) is 0 Å². The van der Waals surface area contributed by atoms with Crippen LogP contribution in [0.25, 0.3) is 0 Å². The lowest BCUT2D eigenvalue weighted by Crippen LogP contribution is -2.22. The van der Waals surface area contributed by atoms with Crippen molar-refractivity contribution >= 4 is 16.0 Å². The van der Waals surface area contributed by atoms with Crippen molar-refractivity contribution in [1.82, 2.24) is 4.68 Å². The predicted octanol–water partition coefficient (Wildman–Crippen LogP) is 1.12. The van der Waals surface area contributed by atoms with Crippen molar-refractivity contribution in [2.75, 3.05) is 4.83 Å². The van der Waals surface area contributed by atoms with Crippen molar-refractivity contribution in [2.45, 2.75) is 4.90 Å². The van der Waals surface area contributed by atoms with Gasteiger partial charge in [-0.15, -0.1) is 0 Å². The van der Waals surface area contributed by atoms with Gasteiger partial charge in [-0.1, -0.05) is 6.07 Å². The molecule has 0 spiro atoms. The molecule has 1 aromatic carbocycles. The van der Waals surface area contributed by atoms with Gasteiger partial charge in [-0.25, -0.2) is 9.63 Å². The highest BCUT2D eigenvalue weighted by Gasteiger charge is 2.15. The van der Waals surface area contributed by atoms with Gasteiger partial charge in [0, 0.05) is 12.4 Å². The zero-order valence-corrected chi connectivity index (χ0v) is 9.96. The van der Waals surface area contributed by atoms with E-state index in [4.69, 9.17) is 5.11 Å². The number of benzene rings is 1. The second kappa shape index (κ2) is 4.53. The standard InChI is InChI=1S/C11H10N2O4S/c14-11(15)9-4-3-5-10(8-9)18(16,17)12-13-6-1-2-7-13/h1-8,12H,(H,14,15). The molecule has 0 unspecified atom stereocenters. The van der Waals surface area contributed by atoms with Gasteiger partial charge in [0.1, 0.15) is 0 Å². The van der Waals surface area contributed by atoms with Gasteiger partial charge in [0.05, 0.1) is 10.5 Å². The summed E-state index contributed by atoms with van der Waals surface area (Å²) in [5, 5.41) is 8.81. The average molecular weight is 266 g/mol. The monoisotopic (exact) mass is 266 g/mol. The molecule has 0 fully saturated rings. The molecule has 0 bridgehead atoms. The summed E-state index contributed by atoms with van der Waals surface area (Å²) in [5.74, 6) is -1.17. The normalized spacial score (nSPS) is 11.1. The molecule has 0 atom stereocenters. The van der Waals surface area contributed by atoms with Gasteiger partial charge in [-0.3, -0.25) is 4.68 Å². The number of carbonyl (C=O) groups is 1. The first kappa shape index (κ1) is 12.2. The Morgan fingerprint density at radius 1 is 1.17 bits per heavy atom.